The number of aliphatic hydroxyl groups excluding tert-OH is 1. The van der Waals surface area contributed by atoms with Gasteiger partial charge in [-0.3, -0.25) is 4.79 Å². The van der Waals surface area contributed by atoms with E-state index in [0.717, 1.165) is 17.2 Å². The third kappa shape index (κ3) is 5.10. The summed E-state index contributed by atoms with van der Waals surface area (Å²) in [4.78, 5) is 20.2. The van der Waals surface area contributed by atoms with Crippen molar-refractivity contribution in [3.05, 3.63) is 11.2 Å². The second kappa shape index (κ2) is 5.44. The minimum Gasteiger partial charge on any atom is -0.501 e. The van der Waals surface area contributed by atoms with Crippen LogP contribution in [0.25, 0.3) is 0 Å². The molecule has 0 bridgehead atoms. The summed E-state index contributed by atoms with van der Waals surface area (Å²) in [5.74, 6) is -3.46. The summed E-state index contributed by atoms with van der Waals surface area (Å²) in [6, 6.07) is -1.07. The summed E-state index contributed by atoms with van der Waals surface area (Å²) in [6.45, 7) is 0. The first-order chi connectivity index (χ1) is 5.95. The second-order valence-electron chi connectivity index (χ2n) is 2.09. The summed E-state index contributed by atoms with van der Waals surface area (Å²) in [6.07, 6.45) is 0. The van der Waals surface area contributed by atoms with E-state index >= 15 is 0 Å². The molecule has 0 amide bonds. The highest BCUT2D eigenvalue weighted by molar-refractivity contribution is 8.02. The van der Waals surface area contributed by atoms with Gasteiger partial charge in [0, 0.05) is 11.2 Å². The maximum atomic E-state index is 10.2. The molecule has 0 spiro atoms. The van der Waals surface area contributed by atoms with Crippen LogP contribution in [0.3, 0.4) is 0 Å². The van der Waals surface area contributed by atoms with Gasteiger partial charge in [0.05, 0.1) is 0 Å². The Balaban J connectivity index is 3.85. The Morgan fingerprint density at radius 1 is 1.38 bits per heavy atom. The topological polar surface area (TPSA) is 121 Å². The van der Waals surface area contributed by atoms with Crippen LogP contribution in [0.2, 0.25) is 0 Å². The summed E-state index contributed by atoms with van der Waals surface area (Å²) in [5, 5.41) is 26.1. The fourth-order valence-corrected chi connectivity index (χ4v) is 1.06. The fraction of sp³-hybridized carbons (Fsp3) is 0.333. The summed E-state index contributed by atoms with van der Waals surface area (Å²) < 4.78 is 0. The molecular formula is C6H9NO5S. The maximum absolute atomic E-state index is 10.2. The lowest BCUT2D eigenvalue weighted by Crippen LogP contribution is -2.32. The van der Waals surface area contributed by atoms with Crippen LogP contribution in [-0.4, -0.2) is 39.1 Å². The number of rotatable bonds is 5. The molecule has 0 aromatic heterocycles. The molecule has 0 aliphatic rings. The summed E-state index contributed by atoms with van der Waals surface area (Å²) in [5.41, 5.74) is 5.10. The number of aliphatic hydroxyl groups is 1. The van der Waals surface area contributed by atoms with Crippen molar-refractivity contribution in [3.8, 4) is 0 Å². The van der Waals surface area contributed by atoms with Gasteiger partial charge in [-0.1, -0.05) is 0 Å². The largest absolute Gasteiger partial charge is 0.501 e. The standard InChI is InChI=1S/C6H9NO5S/c7-3(5(9)10)1-13-2-4(8)6(11)12/h2-3,8H,1,7H2,(H,9,10)(H,11,12)/b4-2-. The average Bonchev–Trinajstić information content (AvgIpc) is 2.03. The van der Waals surface area contributed by atoms with E-state index in [2.05, 4.69) is 0 Å². The molecule has 0 rings (SSSR count). The summed E-state index contributed by atoms with van der Waals surface area (Å²) >= 11 is 0.827. The van der Waals surface area contributed by atoms with E-state index in [9.17, 15) is 9.59 Å². The van der Waals surface area contributed by atoms with E-state index in [1.165, 1.54) is 0 Å². The van der Waals surface area contributed by atoms with Gasteiger partial charge >= 0.3 is 11.9 Å². The number of hydrogen-bond acceptors (Lipinski definition) is 5. The molecule has 0 aliphatic heterocycles. The lowest BCUT2D eigenvalue weighted by atomic mass is 10.4. The van der Waals surface area contributed by atoms with Crippen LogP contribution in [0.4, 0.5) is 0 Å². The van der Waals surface area contributed by atoms with Crippen molar-refractivity contribution in [2.75, 3.05) is 5.75 Å². The molecule has 6 nitrogen and oxygen atoms in total. The highest BCUT2D eigenvalue weighted by atomic mass is 32.2. The monoisotopic (exact) mass is 207 g/mol. The van der Waals surface area contributed by atoms with Gasteiger partial charge in [0.2, 0.25) is 5.76 Å². The quantitative estimate of drug-likeness (QED) is 0.358. The summed E-state index contributed by atoms with van der Waals surface area (Å²) in [7, 11) is 0. The van der Waals surface area contributed by atoms with E-state index in [0.29, 0.717) is 0 Å². The molecule has 1 atom stereocenters. The van der Waals surface area contributed by atoms with E-state index in [1.807, 2.05) is 0 Å². The smallest absolute Gasteiger partial charge is 0.371 e. The number of aliphatic carboxylic acids is 2. The van der Waals surface area contributed by atoms with Crippen LogP contribution in [0, 0.1) is 0 Å². The van der Waals surface area contributed by atoms with Crippen LogP contribution >= 0.6 is 11.8 Å². The van der Waals surface area contributed by atoms with Crippen LogP contribution in [-0.2, 0) is 9.59 Å². The molecule has 7 heteroatoms. The van der Waals surface area contributed by atoms with Gasteiger partial charge in [0.1, 0.15) is 6.04 Å². The lowest BCUT2D eigenvalue weighted by molar-refractivity contribution is -0.138. The Hall–Kier alpha value is -1.21. The molecule has 0 fully saturated rings. The van der Waals surface area contributed by atoms with E-state index < -0.39 is 23.7 Å². The molecule has 74 valence electrons. The van der Waals surface area contributed by atoms with Crippen LogP contribution in [0.5, 0.6) is 0 Å². The number of carbonyl (C=O) groups is 2. The van der Waals surface area contributed by atoms with Crippen molar-refractivity contribution < 1.29 is 24.9 Å². The predicted molar refractivity (Wildman–Crippen MR) is 46.4 cm³/mol. The SMILES string of the molecule is NC(CS/C=C(\O)C(=O)O)C(=O)O. The second-order valence-corrected chi connectivity index (χ2v) is 2.99. The van der Waals surface area contributed by atoms with E-state index in [1.54, 1.807) is 0 Å². The molecule has 0 heterocycles. The normalized spacial score (nSPS) is 13.8. The molecule has 0 radical (unpaired) electrons. The zero-order valence-corrected chi connectivity index (χ0v) is 7.32. The minimum absolute atomic E-state index is 0.00662. The number of carboxylic acids is 2. The van der Waals surface area contributed by atoms with Gasteiger partial charge < -0.3 is 21.1 Å². The first-order valence-electron chi connectivity index (χ1n) is 3.17. The Morgan fingerprint density at radius 2 is 1.92 bits per heavy atom. The highest BCUT2D eigenvalue weighted by Gasteiger charge is 2.11. The fourth-order valence-electron chi connectivity index (χ4n) is 0.352. The molecular weight excluding hydrogens is 198 g/mol. The van der Waals surface area contributed by atoms with Crippen molar-refractivity contribution in [3.63, 3.8) is 0 Å². The third-order valence-corrected chi connectivity index (χ3v) is 1.95. The maximum Gasteiger partial charge on any atom is 0.371 e. The van der Waals surface area contributed by atoms with Gasteiger partial charge in [-0.05, 0) is 0 Å². The van der Waals surface area contributed by atoms with Crippen molar-refractivity contribution in [1.82, 2.24) is 0 Å². The van der Waals surface area contributed by atoms with Crippen LogP contribution in [0.15, 0.2) is 11.2 Å². The Bertz CT molecular complexity index is 239. The first kappa shape index (κ1) is 11.8. The molecule has 13 heavy (non-hydrogen) atoms. The van der Waals surface area contributed by atoms with Gasteiger partial charge in [-0.25, -0.2) is 4.79 Å². The molecule has 0 aliphatic carbocycles. The average molecular weight is 207 g/mol. The minimum atomic E-state index is -1.46. The van der Waals surface area contributed by atoms with Crippen molar-refractivity contribution in [1.29, 1.82) is 0 Å². The van der Waals surface area contributed by atoms with Gasteiger partial charge in [0.25, 0.3) is 0 Å². The van der Waals surface area contributed by atoms with Gasteiger partial charge in [0.15, 0.2) is 0 Å². The van der Waals surface area contributed by atoms with Crippen molar-refractivity contribution >= 4 is 23.7 Å². The number of hydrogen-bond donors (Lipinski definition) is 4. The highest BCUT2D eigenvalue weighted by Crippen LogP contribution is 2.06. The Kier molecular flexibility index (Phi) is 4.93. The Morgan fingerprint density at radius 3 is 2.31 bits per heavy atom. The van der Waals surface area contributed by atoms with E-state index in [4.69, 9.17) is 21.1 Å². The number of nitrogens with two attached hydrogens (primary N) is 1. The van der Waals surface area contributed by atoms with Crippen molar-refractivity contribution in [2.45, 2.75) is 6.04 Å². The molecule has 0 aromatic rings. The van der Waals surface area contributed by atoms with Gasteiger partial charge in [-0.15, -0.1) is 11.8 Å². The molecule has 0 saturated heterocycles. The first-order valence-corrected chi connectivity index (χ1v) is 4.22. The van der Waals surface area contributed by atoms with Crippen molar-refractivity contribution in [2.24, 2.45) is 5.73 Å². The number of carboxylic acid groups (broad SMARTS) is 2. The molecule has 1 unspecified atom stereocenters. The zero-order valence-electron chi connectivity index (χ0n) is 6.51. The lowest BCUT2D eigenvalue weighted by Gasteiger charge is -2.01. The predicted octanol–water partition coefficient (Wildman–Crippen LogP) is -0.385. The molecule has 0 saturated carbocycles. The number of thioether (sulfide) groups is 1. The van der Waals surface area contributed by atoms with E-state index in [-0.39, 0.29) is 5.75 Å². The van der Waals surface area contributed by atoms with Crippen LogP contribution in [0.1, 0.15) is 0 Å². The third-order valence-electron chi connectivity index (χ3n) is 1.01. The Labute approximate surface area is 78.0 Å². The van der Waals surface area contributed by atoms with Crippen LogP contribution < -0.4 is 5.73 Å². The van der Waals surface area contributed by atoms with Gasteiger partial charge in [-0.2, -0.15) is 0 Å². The zero-order chi connectivity index (χ0) is 10.4. The molecule has 5 N–H and O–H groups in total. The molecule has 0 aromatic carbocycles.